The van der Waals surface area contributed by atoms with E-state index in [0.717, 1.165) is 6.42 Å². The molecular weight excluding hydrogens is 320 g/mol. The summed E-state index contributed by atoms with van der Waals surface area (Å²) in [5.74, 6) is -0.633. The van der Waals surface area contributed by atoms with Gasteiger partial charge < -0.3 is 15.4 Å². The standard InChI is InChI=1S/C19H26N2O4/c1-3-12-20-17(22)13-8-10-14(11-9-13)18(23)21-16-7-5-4-6-15(16)19(24)25-2/h4-7,13-14H,3,8-12H2,1-2H3,(H,20,22)(H,21,23). The molecule has 1 fully saturated rings. The van der Waals surface area contributed by atoms with Crippen LogP contribution in [0.3, 0.4) is 0 Å². The van der Waals surface area contributed by atoms with E-state index in [1.54, 1.807) is 24.3 Å². The first-order chi connectivity index (χ1) is 12.1. The lowest BCUT2D eigenvalue weighted by Gasteiger charge is -2.27. The fourth-order valence-corrected chi connectivity index (χ4v) is 3.13. The molecule has 6 heteroatoms. The van der Waals surface area contributed by atoms with Gasteiger partial charge in [0.05, 0.1) is 18.4 Å². The fraction of sp³-hybridized carbons (Fsp3) is 0.526. The number of hydrogen-bond acceptors (Lipinski definition) is 4. The molecule has 25 heavy (non-hydrogen) atoms. The number of amides is 2. The Morgan fingerprint density at radius 2 is 1.64 bits per heavy atom. The molecule has 1 aliphatic carbocycles. The molecule has 2 N–H and O–H groups in total. The normalized spacial score (nSPS) is 19.8. The van der Waals surface area contributed by atoms with Gasteiger partial charge in [-0.1, -0.05) is 19.1 Å². The minimum Gasteiger partial charge on any atom is -0.465 e. The van der Waals surface area contributed by atoms with Gasteiger partial charge in [-0.3, -0.25) is 9.59 Å². The summed E-state index contributed by atoms with van der Waals surface area (Å²) < 4.78 is 4.74. The second-order valence-corrected chi connectivity index (χ2v) is 6.37. The van der Waals surface area contributed by atoms with Crippen molar-refractivity contribution in [1.29, 1.82) is 0 Å². The number of benzene rings is 1. The zero-order valence-electron chi connectivity index (χ0n) is 14.8. The van der Waals surface area contributed by atoms with Gasteiger partial charge in [-0.15, -0.1) is 0 Å². The van der Waals surface area contributed by atoms with Crippen molar-refractivity contribution < 1.29 is 19.1 Å². The number of nitrogens with one attached hydrogen (secondary N) is 2. The van der Waals surface area contributed by atoms with E-state index in [0.29, 0.717) is 43.5 Å². The van der Waals surface area contributed by atoms with E-state index in [1.807, 2.05) is 6.92 Å². The minimum atomic E-state index is -0.479. The monoisotopic (exact) mass is 346 g/mol. The second kappa shape index (κ2) is 9.20. The van der Waals surface area contributed by atoms with E-state index in [9.17, 15) is 14.4 Å². The van der Waals surface area contributed by atoms with E-state index < -0.39 is 5.97 Å². The lowest BCUT2D eigenvalue weighted by atomic mass is 9.81. The molecule has 2 rings (SSSR count). The number of anilines is 1. The van der Waals surface area contributed by atoms with E-state index in [-0.39, 0.29) is 23.7 Å². The quantitative estimate of drug-likeness (QED) is 0.776. The maximum atomic E-state index is 12.5. The molecule has 6 nitrogen and oxygen atoms in total. The van der Waals surface area contributed by atoms with Crippen molar-refractivity contribution in [3.8, 4) is 0 Å². The van der Waals surface area contributed by atoms with Crippen LogP contribution in [0.4, 0.5) is 5.69 Å². The van der Waals surface area contributed by atoms with Crippen molar-refractivity contribution in [3.05, 3.63) is 29.8 Å². The van der Waals surface area contributed by atoms with Gasteiger partial charge in [-0.25, -0.2) is 4.79 Å². The molecule has 136 valence electrons. The Labute approximate surface area is 148 Å². The molecule has 1 aliphatic rings. The highest BCUT2D eigenvalue weighted by Gasteiger charge is 2.30. The average molecular weight is 346 g/mol. The third-order valence-corrected chi connectivity index (χ3v) is 4.61. The number of carbonyl (C=O) groups excluding carboxylic acids is 3. The number of para-hydroxylation sites is 1. The van der Waals surface area contributed by atoms with Crippen LogP contribution in [0.5, 0.6) is 0 Å². The molecule has 0 atom stereocenters. The van der Waals surface area contributed by atoms with Gasteiger partial charge in [-0.2, -0.15) is 0 Å². The summed E-state index contributed by atoms with van der Waals surface area (Å²) in [7, 11) is 1.31. The maximum Gasteiger partial charge on any atom is 0.339 e. The van der Waals surface area contributed by atoms with Crippen LogP contribution in [0.15, 0.2) is 24.3 Å². The number of methoxy groups -OCH3 is 1. The number of ether oxygens (including phenoxy) is 1. The van der Waals surface area contributed by atoms with Crippen LogP contribution in [-0.4, -0.2) is 31.4 Å². The molecular formula is C19H26N2O4. The SMILES string of the molecule is CCCNC(=O)C1CCC(C(=O)Nc2ccccc2C(=O)OC)CC1. The van der Waals surface area contributed by atoms with Crippen LogP contribution in [0.25, 0.3) is 0 Å². The summed E-state index contributed by atoms with van der Waals surface area (Å²) in [6, 6.07) is 6.80. The molecule has 0 aliphatic heterocycles. The Bertz CT molecular complexity index is 622. The first-order valence-corrected chi connectivity index (χ1v) is 8.82. The smallest absolute Gasteiger partial charge is 0.339 e. The fourth-order valence-electron chi connectivity index (χ4n) is 3.13. The zero-order chi connectivity index (χ0) is 18.2. The molecule has 2 amide bonds. The summed E-state index contributed by atoms with van der Waals surface area (Å²) in [5.41, 5.74) is 0.799. The highest BCUT2D eigenvalue weighted by atomic mass is 16.5. The van der Waals surface area contributed by atoms with Crippen LogP contribution >= 0.6 is 0 Å². The summed E-state index contributed by atoms with van der Waals surface area (Å²) in [4.78, 5) is 36.3. The summed E-state index contributed by atoms with van der Waals surface area (Å²) in [6.07, 6.45) is 3.70. The van der Waals surface area contributed by atoms with E-state index in [2.05, 4.69) is 10.6 Å². The average Bonchev–Trinajstić information content (AvgIpc) is 2.66. The van der Waals surface area contributed by atoms with Crippen LogP contribution in [0, 0.1) is 11.8 Å². The number of carbonyl (C=O) groups is 3. The van der Waals surface area contributed by atoms with Gasteiger partial charge in [0.25, 0.3) is 0 Å². The number of hydrogen-bond donors (Lipinski definition) is 2. The Morgan fingerprint density at radius 3 is 2.24 bits per heavy atom. The molecule has 0 bridgehead atoms. The highest BCUT2D eigenvalue weighted by molar-refractivity contribution is 6.01. The third-order valence-electron chi connectivity index (χ3n) is 4.61. The first kappa shape index (κ1) is 19.0. The van der Waals surface area contributed by atoms with Gasteiger partial charge in [-0.05, 0) is 44.2 Å². The lowest BCUT2D eigenvalue weighted by Crippen LogP contribution is -2.35. The summed E-state index contributed by atoms with van der Waals surface area (Å²) in [6.45, 7) is 2.72. The van der Waals surface area contributed by atoms with Gasteiger partial charge >= 0.3 is 5.97 Å². The molecule has 0 radical (unpaired) electrons. The van der Waals surface area contributed by atoms with Crippen LogP contribution in [-0.2, 0) is 14.3 Å². The van der Waals surface area contributed by atoms with Crippen LogP contribution in [0.2, 0.25) is 0 Å². The Balaban J connectivity index is 1.91. The van der Waals surface area contributed by atoms with Gasteiger partial charge in [0, 0.05) is 18.4 Å². The zero-order valence-corrected chi connectivity index (χ0v) is 14.8. The molecule has 0 unspecified atom stereocenters. The maximum absolute atomic E-state index is 12.5. The predicted octanol–water partition coefficient (Wildman–Crippen LogP) is 2.74. The van der Waals surface area contributed by atoms with E-state index >= 15 is 0 Å². The lowest BCUT2D eigenvalue weighted by molar-refractivity contribution is -0.128. The van der Waals surface area contributed by atoms with E-state index in [4.69, 9.17) is 4.74 Å². The Kier molecular flexibility index (Phi) is 6.98. The molecule has 1 aromatic carbocycles. The molecule has 0 heterocycles. The van der Waals surface area contributed by atoms with Crippen LogP contribution in [0.1, 0.15) is 49.4 Å². The van der Waals surface area contributed by atoms with Crippen molar-refractivity contribution >= 4 is 23.5 Å². The Morgan fingerprint density at radius 1 is 1.04 bits per heavy atom. The topological polar surface area (TPSA) is 84.5 Å². The molecule has 0 saturated heterocycles. The molecule has 0 spiro atoms. The van der Waals surface area contributed by atoms with Crippen molar-refractivity contribution in [2.24, 2.45) is 11.8 Å². The third kappa shape index (κ3) is 5.05. The number of esters is 1. The van der Waals surface area contributed by atoms with Crippen LogP contribution < -0.4 is 10.6 Å². The largest absolute Gasteiger partial charge is 0.465 e. The predicted molar refractivity (Wildman–Crippen MR) is 95.2 cm³/mol. The summed E-state index contributed by atoms with van der Waals surface area (Å²) >= 11 is 0. The number of rotatable bonds is 6. The Hall–Kier alpha value is -2.37. The van der Waals surface area contributed by atoms with Crippen molar-refractivity contribution in [2.75, 3.05) is 19.0 Å². The minimum absolute atomic E-state index is 0.00189. The molecule has 0 aromatic heterocycles. The van der Waals surface area contributed by atoms with E-state index in [1.165, 1.54) is 7.11 Å². The molecule has 1 aromatic rings. The first-order valence-electron chi connectivity index (χ1n) is 8.82. The van der Waals surface area contributed by atoms with Gasteiger partial charge in [0.15, 0.2) is 0 Å². The van der Waals surface area contributed by atoms with Crippen molar-refractivity contribution in [2.45, 2.75) is 39.0 Å². The van der Waals surface area contributed by atoms with Crippen molar-refractivity contribution in [1.82, 2.24) is 5.32 Å². The van der Waals surface area contributed by atoms with Gasteiger partial charge in [0.1, 0.15) is 0 Å². The highest BCUT2D eigenvalue weighted by Crippen LogP contribution is 2.30. The van der Waals surface area contributed by atoms with Crippen molar-refractivity contribution in [3.63, 3.8) is 0 Å². The summed E-state index contributed by atoms with van der Waals surface area (Å²) in [5, 5.41) is 5.75. The molecule has 1 saturated carbocycles. The second-order valence-electron chi connectivity index (χ2n) is 6.37. The van der Waals surface area contributed by atoms with Gasteiger partial charge in [0.2, 0.25) is 11.8 Å².